The highest BCUT2D eigenvalue weighted by Gasteiger charge is 2.07. The minimum absolute atomic E-state index is 0.663. The summed E-state index contributed by atoms with van der Waals surface area (Å²) in [5, 5.41) is 8.13. The van der Waals surface area contributed by atoms with E-state index in [9.17, 15) is 0 Å². The predicted octanol–water partition coefficient (Wildman–Crippen LogP) is 2.21. The maximum Gasteiger partial charge on any atom is 0.163 e. The maximum absolute atomic E-state index is 5.07. The molecule has 0 aliphatic heterocycles. The Morgan fingerprint density at radius 2 is 2.06 bits per heavy atom. The molecule has 0 aliphatic carbocycles. The van der Waals surface area contributed by atoms with E-state index in [2.05, 4.69) is 42.2 Å². The molecule has 1 aromatic heterocycles. The Labute approximate surface area is 101 Å². The first-order chi connectivity index (χ1) is 8.22. The van der Waals surface area contributed by atoms with Crippen LogP contribution in [-0.2, 0) is 11.3 Å². The number of aromatic nitrogens is 3. The highest BCUT2D eigenvalue weighted by molar-refractivity contribution is 5.57. The fourth-order valence-corrected chi connectivity index (χ4v) is 1.71. The lowest BCUT2D eigenvalue weighted by Gasteiger charge is -2.07. The molecule has 0 aliphatic rings. The molecule has 17 heavy (non-hydrogen) atoms. The predicted molar refractivity (Wildman–Crippen MR) is 66.8 cm³/mol. The summed E-state index contributed by atoms with van der Waals surface area (Å²) < 4.78 is 7.08. The molecule has 2 rings (SSSR count). The van der Waals surface area contributed by atoms with Crippen molar-refractivity contribution in [3.05, 3.63) is 35.7 Å². The highest BCUT2D eigenvalue weighted by atomic mass is 16.5. The van der Waals surface area contributed by atoms with E-state index in [0.29, 0.717) is 6.61 Å². The number of benzene rings is 1. The average Bonchev–Trinajstić information content (AvgIpc) is 2.78. The van der Waals surface area contributed by atoms with Gasteiger partial charge in [0, 0.05) is 19.2 Å². The van der Waals surface area contributed by atoms with Crippen LogP contribution in [0.3, 0.4) is 0 Å². The lowest BCUT2D eigenvalue weighted by molar-refractivity contribution is 0.187. The molecule has 4 nitrogen and oxygen atoms in total. The SMILES string of the molecule is COCCn1cnnc1-c1ccc(C)c(C)c1. The minimum atomic E-state index is 0.663. The topological polar surface area (TPSA) is 39.9 Å². The third-order valence-corrected chi connectivity index (χ3v) is 2.92. The number of nitrogens with zero attached hydrogens (tertiary/aromatic N) is 3. The zero-order chi connectivity index (χ0) is 12.3. The van der Waals surface area contributed by atoms with Crippen molar-refractivity contribution >= 4 is 0 Å². The van der Waals surface area contributed by atoms with Crippen LogP contribution >= 0.6 is 0 Å². The molecule has 0 spiro atoms. The Hall–Kier alpha value is -1.68. The molecule has 0 saturated carbocycles. The number of aryl methyl sites for hydroxylation is 2. The van der Waals surface area contributed by atoms with Gasteiger partial charge in [0.25, 0.3) is 0 Å². The molecule has 0 N–H and O–H groups in total. The van der Waals surface area contributed by atoms with Crippen LogP contribution in [0.5, 0.6) is 0 Å². The minimum Gasteiger partial charge on any atom is -0.383 e. The van der Waals surface area contributed by atoms with Crippen LogP contribution in [0.2, 0.25) is 0 Å². The van der Waals surface area contributed by atoms with Gasteiger partial charge >= 0.3 is 0 Å². The number of hydrogen-bond acceptors (Lipinski definition) is 3. The van der Waals surface area contributed by atoms with E-state index in [1.165, 1.54) is 11.1 Å². The fourth-order valence-electron chi connectivity index (χ4n) is 1.71. The molecule has 0 bridgehead atoms. The first kappa shape index (κ1) is 11.8. The van der Waals surface area contributed by atoms with E-state index in [4.69, 9.17) is 4.74 Å². The first-order valence-corrected chi connectivity index (χ1v) is 5.66. The zero-order valence-electron chi connectivity index (χ0n) is 10.5. The Morgan fingerprint density at radius 3 is 2.76 bits per heavy atom. The summed E-state index contributed by atoms with van der Waals surface area (Å²) in [5.41, 5.74) is 3.65. The lowest BCUT2D eigenvalue weighted by atomic mass is 10.1. The van der Waals surface area contributed by atoms with Crippen LogP contribution in [0.25, 0.3) is 11.4 Å². The van der Waals surface area contributed by atoms with Crippen molar-refractivity contribution in [2.24, 2.45) is 0 Å². The molecule has 0 atom stereocenters. The second-order valence-corrected chi connectivity index (χ2v) is 4.14. The summed E-state index contributed by atoms with van der Waals surface area (Å²) in [6.45, 7) is 5.64. The van der Waals surface area contributed by atoms with Gasteiger partial charge in [0.05, 0.1) is 6.61 Å². The molecule has 1 heterocycles. The van der Waals surface area contributed by atoms with Crippen molar-refractivity contribution in [3.8, 4) is 11.4 Å². The van der Waals surface area contributed by atoms with Crippen LogP contribution in [0.15, 0.2) is 24.5 Å². The van der Waals surface area contributed by atoms with Crippen molar-refractivity contribution < 1.29 is 4.74 Å². The van der Waals surface area contributed by atoms with Gasteiger partial charge in [0.2, 0.25) is 0 Å². The first-order valence-electron chi connectivity index (χ1n) is 5.66. The average molecular weight is 231 g/mol. The fraction of sp³-hybridized carbons (Fsp3) is 0.385. The van der Waals surface area contributed by atoms with Crippen LogP contribution in [0, 0.1) is 13.8 Å². The second-order valence-electron chi connectivity index (χ2n) is 4.14. The number of ether oxygens (including phenoxy) is 1. The van der Waals surface area contributed by atoms with Crippen molar-refractivity contribution in [2.45, 2.75) is 20.4 Å². The zero-order valence-corrected chi connectivity index (χ0v) is 10.5. The summed E-state index contributed by atoms with van der Waals surface area (Å²) in [5.74, 6) is 0.894. The van der Waals surface area contributed by atoms with E-state index in [1.807, 2.05) is 4.57 Å². The standard InChI is InChI=1S/C13H17N3O/c1-10-4-5-12(8-11(10)2)13-15-14-9-16(13)6-7-17-3/h4-5,8-9H,6-7H2,1-3H3. The maximum atomic E-state index is 5.07. The molecule has 1 aromatic carbocycles. The van der Waals surface area contributed by atoms with E-state index in [1.54, 1.807) is 13.4 Å². The Kier molecular flexibility index (Phi) is 3.54. The molecule has 4 heteroatoms. The summed E-state index contributed by atoms with van der Waals surface area (Å²) in [6, 6.07) is 6.33. The van der Waals surface area contributed by atoms with Gasteiger partial charge in [0.15, 0.2) is 5.82 Å². The van der Waals surface area contributed by atoms with Gasteiger partial charge in [-0.2, -0.15) is 0 Å². The summed E-state index contributed by atoms with van der Waals surface area (Å²) in [4.78, 5) is 0. The number of methoxy groups -OCH3 is 1. The summed E-state index contributed by atoms with van der Waals surface area (Å²) >= 11 is 0. The van der Waals surface area contributed by atoms with E-state index in [0.717, 1.165) is 17.9 Å². The molecule has 2 aromatic rings. The van der Waals surface area contributed by atoms with Gasteiger partial charge in [-0.25, -0.2) is 0 Å². The smallest absolute Gasteiger partial charge is 0.163 e. The lowest BCUT2D eigenvalue weighted by Crippen LogP contribution is -2.05. The van der Waals surface area contributed by atoms with Crippen LogP contribution in [0.4, 0.5) is 0 Å². The summed E-state index contributed by atoms with van der Waals surface area (Å²) in [7, 11) is 1.69. The Morgan fingerprint density at radius 1 is 1.24 bits per heavy atom. The van der Waals surface area contributed by atoms with Crippen molar-refractivity contribution in [2.75, 3.05) is 13.7 Å². The molecule has 0 fully saturated rings. The van der Waals surface area contributed by atoms with Crippen LogP contribution < -0.4 is 0 Å². The van der Waals surface area contributed by atoms with Crippen LogP contribution in [-0.4, -0.2) is 28.5 Å². The number of hydrogen-bond donors (Lipinski definition) is 0. The van der Waals surface area contributed by atoms with Crippen molar-refractivity contribution in [3.63, 3.8) is 0 Å². The van der Waals surface area contributed by atoms with Gasteiger partial charge in [-0.05, 0) is 31.0 Å². The Bertz CT molecular complexity index is 505. The number of rotatable bonds is 4. The molecule has 90 valence electrons. The third-order valence-electron chi connectivity index (χ3n) is 2.92. The van der Waals surface area contributed by atoms with Gasteiger partial charge < -0.3 is 9.30 Å². The molecule has 0 saturated heterocycles. The van der Waals surface area contributed by atoms with E-state index < -0.39 is 0 Å². The highest BCUT2D eigenvalue weighted by Crippen LogP contribution is 2.19. The monoisotopic (exact) mass is 231 g/mol. The van der Waals surface area contributed by atoms with E-state index in [-0.39, 0.29) is 0 Å². The van der Waals surface area contributed by atoms with Gasteiger partial charge in [-0.3, -0.25) is 0 Å². The van der Waals surface area contributed by atoms with Gasteiger partial charge in [0.1, 0.15) is 6.33 Å². The van der Waals surface area contributed by atoms with Gasteiger partial charge in [-0.1, -0.05) is 12.1 Å². The molecular formula is C13H17N3O. The van der Waals surface area contributed by atoms with Crippen LogP contribution in [0.1, 0.15) is 11.1 Å². The molecule has 0 unspecified atom stereocenters. The van der Waals surface area contributed by atoms with Crippen molar-refractivity contribution in [1.29, 1.82) is 0 Å². The normalized spacial score (nSPS) is 10.8. The largest absolute Gasteiger partial charge is 0.383 e. The molecule has 0 amide bonds. The third kappa shape index (κ3) is 2.53. The quantitative estimate of drug-likeness (QED) is 0.810. The second kappa shape index (κ2) is 5.10. The summed E-state index contributed by atoms with van der Waals surface area (Å²) in [6.07, 6.45) is 1.74. The van der Waals surface area contributed by atoms with Gasteiger partial charge in [-0.15, -0.1) is 10.2 Å². The molecule has 0 radical (unpaired) electrons. The Balaban J connectivity index is 2.32. The molecular weight excluding hydrogens is 214 g/mol. The van der Waals surface area contributed by atoms with E-state index >= 15 is 0 Å². The van der Waals surface area contributed by atoms with Crippen molar-refractivity contribution in [1.82, 2.24) is 14.8 Å².